The van der Waals surface area contributed by atoms with Gasteiger partial charge in [0.15, 0.2) is 0 Å². The first-order chi connectivity index (χ1) is 6.13. The van der Waals surface area contributed by atoms with Gasteiger partial charge in [-0.3, -0.25) is 5.32 Å². The number of nitrogens with one attached hydrogen (secondary N) is 1. The van der Waals surface area contributed by atoms with Gasteiger partial charge in [0.2, 0.25) is 0 Å². The molecule has 0 aliphatic heterocycles. The van der Waals surface area contributed by atoms with Crippen molar-refractivity contribution in [3.8, 4) is 0 Å². The van der Waals surface area contributed by atoms with Crippen molar-refractivity contribution in [3.63, 3.8) is 0 Å². The second kappa shape index (κ2) is 4.13. The number of halogens is 1. The quantitative estimate of drug-likeness (QED) is 0.745. The number of rotatable bonds is 1. The minimum atomic E-state index is -0.509. The minimum Gasteiger partial charge on any atom is -0.453 e. The Morgan fingerprint density at radius 2 is 2.31 bits per heavy atom. The number of nitrogens with two attached hydrogens (primary N) is 1. The predicted molar refractivity (Wildman–Crippen MR) is 54.6 cm³/mol. The van der Waals surface area contributed by atoms with Gasteiger partial charge < -0.3 is 10.5 Å². The Hall–Kier alpha value is -1.23. The predicted octanol–water partition coefficient (Wildman–Crippen LogP) is 2.21. The number of hydrogen-bond acceptors (Lipinski definition) is 3. The zero-order chi connectivity index (χ0) is 9.84. The molecule has 5 heteroatoms. The fourth-order valence-corrected chi connectivity index (χ4v) is 1.29. The van der Waals surface area contributed by atoms with E-state index in [4.69, 9.17) is 5.73 Å². The maximum absolute atomic E-state index is 10.8. The van der Waals surface area contributed by atoms with E-state index >= 15 is 0 Å². The van der Waals surface area contributed by atoms with Crippen LogP contribution in [-0.2, 0) is 4.74 Å². The lowest BCUT2D eigenvalue weighted by atomic mass is 10.3. The third-order valence-electron chi connectivity index (χ3n) is 1.42. The maximum Gasteiger partial charge on any atom is 0.411 e. The Balaban J connectivity index is 2.83. The largest absolute Gasteiger partial charge is 0.453 e. The van der Waals surface area contributed by atoms with E-state index in [-0.39, 0.29) is 0 Å². The molecule has 1 rings (SSSR count). The SMILES string of the molecule is COC(=O)Nc1ccc(N)cc1Br. The van der Waals surface area contributed by atoms with E-state index in [1.54, 1.807) is 18.2 Å². The molecule has 0 heterocycles. The van der Waals surface area contributed by atoms with E-state index in [0.29, 0.717) is 11.4 Å². The van der Waals surface area contributed by atoms with Crippen molar-refractivity contribution in [3.05, 3.63) is 22.7 Å². The van der Waals surface area contributed by atoms with Crippen LogP contribution < -0.4 is 11.1 Å². The summed E-state index contributed by atoms with van der Waals surface area (Å²) in [6, 6.07) is 5.08. The summed E-state index contributed by atoms with van der Waals surface area (Å²) < 4.78 is 5.16. The molecule has 0 unspecified atom stereocenters. The molecule has 1 aromatic carbocycles. The molecule has 13 heavy (non-hydrogen) atoms. The minimum absolute atomic E-state index is 0.509. The molecule has 0 saturated heterocycles. The van der Waals surface area contributed by atoms with Crippen molar-refractivity contribution in [1.82, 2.24) is 0 Å². The highest BCUT2D eigenvalue weighted by atomic mass is 79.9. The van der Waals surface area contributed by atoms with Gasteiger partial charge in [0.05, 0.1) is 12.8 Å². The molecule has 0 aromatic heterocycles. The molecule has 70 valence electrons. The number of carbonyl (C=O) groups is 1. The molecule has 0 aliphatic rings. The summed E-state index contributed by atoms with van der Waals surface area (Å²) in [5.74, 6) is 0. The fourth-order valence-electron chi connectivity index (χ4n) is 0.794. The van der Waals surface area contributed by atoms with Gasteiger partial charge in [0.1, 0.15) is 0 Å². The zero-order valence-corrected chi connectivity index (χ0v) is 8.59. The molecule has 0 aliphatic carbocycles. The van der Waals surface area contributed by atoms with Crippen LogP contribution in [0.1, 0.15) is 0 Å². The van der Waals surface area contributed by atoms with Crippen molar-refractivity contribution in [2.24, 2.45) is 0 Å². The van der Waals surface area contributed by atoms with Gasteiger partial charge in [0.25, 0.3) is 0 Å². The summed E-state index contributed by atoms with van der Waals surface area (Å²) in [5.41, 5.74) is 6.77. The number of methoxy groups -OCH3 is 1. The van der Waals surface area contributed by atoms with Crippen LogP contribution in [-0.4, -0.2) is 13.2 Å². The van der Waals surface area contributed by atoms with Gasteiger partial charge in [-0.05, 0) is 34.1 Å². The first kappa shape index (κ1) is 9.85. The molecule has 4 nitrogen and oxygen atoms in total. The fraction of sp³-hybridized carbons (Fsp3) is 0.125. The summed E-state index contributed by atoms with van der Waals surface area (Å²) in [7, 11) is 1.31. The number of anilines is 2. The Morgan fingerprint density at radius 3 is 2.85 bits per heavy atom. The highest BCUT2D eigenvalue weighted by Gasteiger charge is 2.04. The average Bonchev–Trinajstić information content (AvgIpc) is 2.09. The molecule has 0 fully saturated rings. The lowest BCUT2D eigenvalue weighted by molar-refractivity contribution is 0.187. The van der Waals surface area contributed by atoms with E-state index in [2.05, 4.69) is 26.0 Å². The summed E-state index contributed by atoms with van der Waals surface area (Å²) in [4.78, 5) is 10.8. The van der Waals surface area contributed by atoms with Gasteiger partial charge in [-0.25, -0.2) is 4.79 Å². The van der Waals surface area contributed by atoms with Crippen LogP contribution in [0.4, 0.5) is 16.2 Å². The van der Waals surface area contributed by atoms with Crippen LogP contribution in [0.15, 0.2) is 22.7 Å². The molecule has 1 aromatic rings. The van der Waals surface area contributed by atoms with Crippen LogP contribution in [0.2, 0.25) is 0 Å². The van der Waals surface area contributed by atoms with Gasteiger partial charge >= 0.3 is 6.09 Å². The lowest BCUT2D eigenvalue weighted by Gasteiger charge is -2.05. The lowest BCUT2D eigenvalue weighted by Crippen LogP contribution is -2.11. The standard InChI is InChI=1S/C8H9BrN2O2/c1-13-8(12)11-7-3-2-5(10)4-6(7)9/h2-4H,10H2,1H3,(H,11,12). The van der Waals surface area contributed by atoms with Gasteiger partial charge in [-0.15, -0.1) is 0 Å². The molecule has 0 bridgehead atoms. The number of nitrogen functional groups attached to an aromatic ring is 1. The third-order valence-corrected chi connectivity index (χ3v) is 2.07. The normalized spacial score (nSPS) is 9.38. The highest BCUT2D eigenvalue weighted by molar-refractivity contribution is 9.10. The maximum atomic E-state index is 10.8. The summed E-state index contributed by atoms with van der Waals surface area (Å²) >= 11 is 3.25. The summed E-state index contributed by atoms with van der Waals surface area (Å²) in [6.07, 6.45) is -0.509. The Bertz CT molecular complexity index is 328. The van der Waals surface area contributed by atoms with Crippen molar-refractivity contribution < 1.29 is 9.53 Å². The first-order valence-corrected chi connectivity index (χ1v) is 4.33. The number of hydrogen-bond donors (Lipinski definition) is 2. The molecular formula is C8H9BrN2O2. The second-order valence-electron chi connectivity index (χ2n) is 2.36. The molecule has 0 saturated carbocycles. The Labute approximate surface area is 84.2 Å². The highest BCUT2D eigenvalue weighted by Crippen LogP contribution is 2.24. The van der Waals surface area contributed by atoms with Gasteiger partial charge in [-0.1, -0.05) is 0 Å². The Morgan fingerprint density at radius 1 is 1.62 bits per heavy atom. The molecule has 0 atom stereocenters. The van der Waals surface area contributed by atoms with E-state index in [1.807, 2.05) is 0 Å². The molecule has 1 amide bonds. The smallest absolute Gasteiger partial charge is 0.411 e. The van der Waals surface area contributed by atoms with Crippen molar-refractivity contribution >= 4 is 33.4 Å². The van der Waals surface area contributed by atoms with Crippen molar-refractivity contribution in [1.29, 1.82) is 0 Å². The van der Waals surface area contributed by atoms with E-state index in [1.165, 1.54) is 7.11 Å². The van der Waals surface area contributed by atoms with Crippen LogP contribution in [0.5, 0.6) is 0 Å². The van der Waals surface area contributed by atoms with E-state index in [0.717, 1.165) is 4.47 Å². The van der Waals surface area contributed by atoms with Crippen molar-refractivity contribution in [2.75, 3.05) is 18.2 Å². The molecule has 0 spiro atoms. The number of amides is 1. The van der Waals surface area contributed by atoms with Crippen LogP contribution in [0, 0.1) is 0 Å². The molecular weight excluding hydrogens is 236 g/mol. The topological polar surface area (TPSA) is 64.3 Å². The van der Waals surface area contributed by atoms with E-state index < -0.39 is 6.09 Å². The van der Waals surface area contributed by atoms with Gasteiger partial charge in [0, 0.05) is 10.2 Å². The molecule has 3 N–H and O–H groups in total. The third kappa shape index (κ3) is 2.62. The molecule has 0 radical (unpaired) electrons. The number of carbonyl (C=O) groups excluding carboxylic acids is 1. The second-order valence-corrected chi connectivity index (χ2v) is 3.21. The Kier molecular flexibility index (Phi) is 3.13. The van der Waals surface area contributed by atoms with Gasteiger partial charge in [-0.2, -0.15) is 0 Å². The van der Waals surface area contributed by atoms with Crippen LogP contribution >= 0.6 is 15.9 Å². The average molecular weight is 245 g/mol. The monoisotopic (exact) mass is 244 g/mol. The zero-order valence-electron chi connectivity index (χ0n) is 7.00. The van der Waals surface area contributed by atoms with Crippen LogP contribution in [0.25, 0.3) is 0 Å². The van der Waals surface area contributed by atoms with Crippen LogP contribution in [0.3, 0.4) is 0 Å². The number of ether oxygens (including phenoxy) is 1. The summed E-state index contributed by atoms with van der Waals surface area (Å²) in [6.45, 7) is 0. The first-order valence-electron chi connectivity index (χ1n) is 3.53. The van der Waals surface area contributed by atoms with E-state index in [9.17, 15) is 4.79 Å². The van der Waals surface area contributed by atoms with Crippen molar-refractivity contribution in [2.45, 2.75) is 0 Å². The number of benzene rings is 1. The summed E-state index contributed by atoms with van der Waals surface area (Å²) in [5, 5.41) is 2.52.